The van der Waals surface area contributed by atoms with E-state index in [1.54, 1.807) is 6.92 Å². The van der Waals surface area contributed by atoms with Crippen molar-refractivity contribution in [3.8, 4) is 0 Å². The molecule has 0 aromatic heterocycles. The van der Waals surface area contributed by atoms with Gasteiger partial charge < -0.3 is 0 Å². The number of benzene rings is 3. The quantitative estimate of drug-likeness (QED) is 0.150. The van der Waals surface area contributed by atoms with Crippen LogP contribution in [0.5, 0.6) is 0 Å². The topological polar surface area (TPSA) is 17.1 Å². The van der Waals surface area contributed by atoms with E-state index in [0.717, 1.165) is 48.8 Å². The molecule has 0 heterocycles. The predicted molar refractivity (Wildman–Crippen MR) is 215 cm³/mol. The molecule has 0 fully saturated rings. The van der Waals surface area contributed by atoms with Gasteiger partial charge in [0.15, 0.2) is 5.78 Å². The van der Waals surface area contributed by atoms with Gasteiger partial charge in [0.05, 0.1) is 0 Å². The molecule has 0 amide bonds. The van der Waals surface area contributed by atoms with Gasteiger partial charge >= 0.3 is 0 Å². The Morgan fingerprint density at radius 3 is 1.74 bits per heavy atom. The van der Waals surface area contributed by atoms with Gasteiger partial charge in [-0.25, -0.2) is 0 Å². The van der Waals surface area contributed by atoms with E-state index in [1.807, 2.05) is 55.4 Å². The van der Waals surface area contributed by atoms with Gasteiger partial charge in [0.25, 0.3) is 0 Å². The summed E-state index contributed by atoms with van der Waals surface area (Å²) in [5.74, 6) is 0.520. The Morgan fingerprint density at radius 2 is 1.26 bits per heavy atom. The molecule has 0 spiro atoms. The van der Waals surface area contributed by atoms with Crippen LogP contribution in [0.4, 0.5) is 0 Å². The summed E-state index contributed by atoms with van der Waals surface area (Å²) in [5.41, 5.74) is 13.4. The maximum atomic E-state index is 12.7. The minimum atomic E-state index is 0.125. The summed E-state index contributed by atoms with van der Waals surface area (Å²) in [6, 6.07) is 20.0. The SMILES string of the molecule is C=C(CC[C@H](Cc1cc(Cc2ccc(C)c(C(=C)C)c2)c(C(C)=O)cc1C)c1ccc(C)cc1)CC(C)(C)C.CC.CC.CC.CC. The Kier molecular flexibility index (Phi) is 23.5. The van der Waals surface area contributed by atoms with E-state index in [4.69, 9.17) is 0 Å². The van der Waals surface area contributed by atoms with Crippen molar-refractivity contribution < 1.29 is 4.79 Å². The number of carbonyl (C=O) groups excluding carboxylic acids is 1. The van der Waals surface area contributed by atoms with Gasteiger partial charge in [-0.3, -0.25) is 4.79 Å². The third-order valence-corrected chi connectivity index (χ3v) is 7.74. The molecule has 0 saturated heterocycles. The number of rotatable bonds is 11. The largest absolute Gasteiger partial charge is 0.295 e. The molecule has 3 aromatic rings. The van der Waals surface area contributed by atoms with Gasteiger partial charge in [0.2, 0.25) is 0 Å². The van der Waals surface area contributed by atoms with Gasteiger partial charge in [0, 0.05) is 5.56 Å². The summed E-state index contributed by atoms with van der Waals surface area (Å²) in [7, 11) is 0. The van der Waals surface area contributed by atoms with E-state index in [-0.39, 0.29) is 11.2 Å². The molecule has 0 aliphatic heterocycles. The summed E-state index contributed by atoms with van der Waals surface area (Å²) < 4.78 is 0. The van der Waals surface area contributed by atoms with Crippen LogP contribution in [0.25, 0.3) is 5.57 Å². The summed E-state index contributed by atoms with van der Waals surface area (Å²) in [6.45, 7) is 41.6. The van der Waals surface area contributed by atoms with Crippen LogP contribution in [-0.2, 0) is 12.8 Å². The highest BCUT2D eigenvalue weighted by Gasteiger charge is 2.19. The van der Waals surface area contributed by atoms with Crippen LogP contribution in [0.2, 0.25) is 0 Å². The fourth-order valence-electron chi connectivity index (χ4n) is 5.66. The van der Waals surface area contributed by atoms with Crippen molar-refractivity contribution in [3.05, 3.63) is 123 Å². The molecule has 0 radical (unpaired) electrons. The molecule has 0 aliphatic rings. The highest BCUT2D eigenvalue weighted by Crippen LogP contribution is 2.33. The van der Waals surface area contributed by atoms with Crippen molar-refractivity contribution in [3.63, 3.8) is 0 Å². The number of hydrogen-bond acceptors (Lipinski definition) is 1. The maximum absolute atomic E-state index is 12.7. The van der Waals surface area contributed by atoms with Crippen molar-refractivity contribution in [2.45, 2.75) is 149 Å². The average molecular weight is 641 g/mol. The molecule has 3 rings (SSSR count). The van der Waals surface area contributed by atoms with Crippen molar-refractivity contribution in [2.75, 3.05) is 0 Å². The number of hydrogen-bond donors (Lipinski definition) is 0. The zero-order valence-corrected chi connectivity index (χ0v) is 33.6. The Labute approximate surface area is 293 Å². The lowest BCUT2D eigenvalue weighted by Gasteiger charge is -2.23. The first-order valence-electron chi connectivity index (χ1n) is 18.4. The Balaban J connectivity index is 0. The third kappa shape index (κ3) is 16.5. The standard InChI is InChI=1S/C38H48O.4C2H6/c1-25(2)36-21-31(15-14-28(36)5)20-35-23-34(29(6)19-37(35)30(7)39)22-33(32-16-11-26(3)12-17-32)18-13-27(4)24-38(8,9)10;4*1-2/h11-12,14-17,19,21,23,33H,1,4,13,18,20,22,24H2,2-3,5-10H3;4*1-2H3/t33-;;;;/m1..../s1. The van der Waals surface area contributed by atoms with E-state index < -0.39 is 0 Å². The summed E-state index contributed by atoms with van der Waals surface area (Å²) >= 11 is 0. The van der Waals surface area contributed by atoms with Crippen LogP contribution < -0.4 is 0 Å². The minimum Gasteiger partial charge on any atom is -0.295 e. The van der Waals surface area contributed by atoms with Gasteiger partial charge in [-0.05, 0) is 123 Å². The molecular formula is C46H72O. The molecule has 3 aromatic carbocycles. The van der Waals surface area contributed by atoms with Crippen LogP contribution >= 0.6 is 0 Å². The summed E-state index contributed by atoms with van der Waals surface area (Å²) in [6.07, 6.45) is 4.84. The highest BCUT2D eigenvalue weighted by molar-refractivity contribution is 5.96. The van der Waals surface area contributed by atoms with Gasteiger partial charge in [-0.2, -0.15) is 0 Å². The van der Waals surface area contributed by atoms with E-state index in [1.165, 1.54) is 44.5 Å². The molecule has 0 saturated carbocycles. The molecule has 0 aliphatic carbocycles. The van der Waals surface area contributed by atoms with Crippen LogP contribution in [-0.4, -0.2) is 5.78 Å². The van der Waals surface area contributed by atoms with E-state index in [0.29, 0.717) is 5.92 Å². The first-order chi connectivity index (χ1) is 22.2. The van der Waals surface area contributed by atoms with Crippen molar-refractivity contribution >= 4 is 11.4 Å². The molecule has 1 nitrogen and oxygen atoms in total. The van der Waals surface area contributed by atoms with Crippen LogP contribution in [0.3, 0.4) is 0 Å². The zero-order valence-electron chi connectivity index (χ0n) is 33.6. The van der Waals surface area contributed by atoms with Crippen LogP contribution in [0, 0.1) is 26.2 Å². The first kappa shape index (κ1) is 45.9. The smallest absolute Gasteiger partial charge is 0.160 e. The molecule has 0 unspecified atom stereocenters. The van der Waals surface area contributed by atoms with Crippen LogP contribution in [0.1, 0.15) is 170 Å². The van der Waals surface area contributed by atoms with E-state index in [2.05, 4.69) is 116 Å². The molecule has 1 heteroatoms. The molecular weight excluding hydrogens is 569 g/mol. The summed E-state index contributed by atoms with van der Waals surface area (Å²) in [5, 5.41) is 0. The highest BCUT2D eigenvalue weighted by atomic mass is 16.1. The first-order valence-corrected chi connectivity index (χ1v) is 18.4. The Bertz CT molecular complexity index is 1350. The lowest BCUT2D eigenvalue weighted by molar-refractivity contribution is 0.101. The maximum Gasteiger partial charge on any atom is 0.160 e. The van der Waals surface area contributed by atoms with Gasteiger partial charge in [-0.1, -0.05) is 155 Å². The van der Waals surface area contributed by atoms with E-state index in [9.17, 15) is 4.79 Å². The number of ketones is 1. The molecule has 0 N–H and O–H groups in total. The van der Waals surface area contributed by atoms with Gasteiger partial charge in [-0.15, -0.1) is 0 Å². The second kappa shape index (κ2) is 24.0. The number of allylic oxidation sites excluding steroid dienone is 2. The molecule has 0 bridgehead atoms. The third-order valence-electron chi connectivity index (χ3n) is 7.74. The Hall–Kier alpha value is -3.19. The molecule has 1 atom stereocenters. The van der Waals surface area contributed by atoms with E-state index >= 15 is 0 Å². The zero-order chi connectivity index (χ0) is 36.9. The fraction of sp³-hybridized carbons (Fsp3) is 0.500. The minimum absolute atomic E-state index is 0.125. The van der Waals surface area contributed by atoms with Crippen molar-refractivity contribution in [1.29, 1.82) is 0 Å². The van der Waals surface area contributed by atoms with Gasteiger partial charge in [0.1, 0.15) is 0 Å². The molecule has 47 heavy (non-hydrogen) atoms. The normalized spacial score (nSPS) is 10.7. The molecule has 262 valence electrons. The van der Waals surface area contributed by atoms with Crippen molar-refractivity contribution in [2.24, 2.45) is 5.41 Å². The number of Topliss-reactive ketones (excluding diaryl/α,β-unsaturated/α-hetero) is 1. The number of carbonyl (C=O) groups is 1. The van der Waals surface area contributed by atoms with Crippen LogP contribution in [0.15, 0.2) is 73.3 Å². The monoisotopic (exact) mass is 641 g/mol. The Morgan fingerprint density at radius 1 is 0.702 bits per heavy atom. The second-order valence-corrected chi connectivity index (χ2v) is 12.9. The number of aryl methyl sites for hydroxylation is 3. The predicted octanol–water partition coefficient (Wildman–Crippen LogP) is 14.6. The van der Waals surface area contributed by atoms with Crippen molar-refractivity contribution in [1.82, 2.24) is 0 Å². The lowest BCUT2D eigenvalue weighted by Crippen LogP contribution is -2.10. The lowest BCUT2D eigenvalue weighted by atomic mass is 9.81. The average Bonchev–Trinajstić information content (AvgIpc) is 3.04. The fourth-order valence-corrected chi connectivity index (χ4v) is 5.66. The summed E-state index contributed by atoms with van der Waals surface area (Å²) in [4.78, 5) is 12.7. The second-order valence-electron chi connectivity index (χ2n) is 12.9.